The van der Waals surface area contributed by atoms with Crippen LogP contribution in [-0.2, 0) is 5.41 Å². The number of rotatable bonds is 2. The number of nitrogens with zero attached hydrogens (tertiary/aromatic N) is 1. The lowest BCUT2D eigenvalue weighted by Crippen LogP contribution is -2.58. The fourth-order valence-corrected chi connectivity index (χ4v) is 5.18. The first-order chi connectivity index (χ1) is 13.0. The Kier molecular flexibility index (Phi) is 4.25. The molecule has 3 nitrogen and oxygen atoms in total. The average molecular weight is 406 g/mol. The maximum Gasteiger partial charge on any atom is 0.419 e. The molecule has 1 heterocycles. The normalized spacial score (nSPS) is 24.2. The van der Waals surface area contributed by atoms with E-state index in [-0.39, 0.29) is 0 Å². The third-order valence-electron chi connectivity index (χ3n) is 5.50. The predicted molar refractivity (Wildman–Crippen MR) is 106 cm³/mol. The van der Waals surface area contributed by atoms with Crippen LogP contribution in [-0.4, -0.2) is 21.9 Å². The summed E-state index contributed by atoms with van der Waals surface area (Å²) in [5, 5.41) is 14.9. The van der Waals surface area contributed by atoms with Crippen LogP contribution in [0.25, 0.3) is 10.2 Å². The molecule has 3 aromatic rings. The molecule has 2 aromatic carbocycles. The van der Waals surface area contributed by atoms with Crippen LogP contribution < -0.4 is 5.32 Å². The van der Waals surface area contributed by atoms with E-state index in [0.29, 0.717) is 11.3 Å². The van der Waals surface area contributed by atoms with Gasteiger partial charge in [0.15, 0.2) is 5.60 Å². The number of anilines is 1. The van der Waals surface area contributed by atoms with Gasteiger partial charge in [-0.15, -0.1) is 11.3 Å². The number of thiazole rings is 1. The van der Waals surface area contributed by atoms with Gasteiger partial charge in [-0.25, -0.2) is 4.98 Å². The van der Waals surface area contributed by atoms with E-state index in [2.05, 4.69) is 10.3 Å². The average Bonchev–Trinajstić information content (AvgIpc) is 2.98. The van der Waals surface area contributed by atoms with Crippen LogP contribution in [0.5, 0.6) is 0 Å². The van der Waals surface area contributed by atoms with Crippen molar-refractivity contribution in [2.75, 3.05) is 5.32 Å². The van der Waals surface area contributed by atoms with E-state index in [9.17, 15) is 18.3 Å². The third-order valence-corrected chi connectivity index (χ3v) is 6.52. The van der Waals surface area contributed by atoms with Crippen molar-refractivity contribution in [2.24, 2.45) is 0 Å². The first kappa shape index (κ1) is 19.2. The van der Waals surface area contributed by atoms with Gasteiger partial charge in [0.25, 0.3) is 0 Å². The van der Waals surface area contributed by atoms with Crippen molar-refractivity contribution in [1.82, 2.24) is 4.98 Å². The third kappa shape index (κ3) is 2.88. The molecular formula is C21H21F3N2OS. The molecule has 2 atom stereocenters. The first-order valence-electron chi connectivity index (χ1n) is 9.04. The molecule has 0 spiro atoms. The van der Waals surface area contributed by atoms with Crippen molar-refractivity contribution in [2.45, 2.75) is 50.4 Å². The minimum absolute atomic E-state index is 0.421. The molecule has 0 saturated carbocycles. The number of aryl methyl sites for hydroxylation is 1. The number of halogens is 3. The fraction of sp³-hybridized carbons (Fsp3) is 0.381. The van der Waals surface area contributed by atoms with Crippen LogP contribution >= 0.6 is 11.3 Å². The summed E-state index contributed by atoms with van der Waals surface area (Å²) in [5.74, 6) is 0. The minimum atomic E-state index is -4.78. The molecule has 148 valence electrons. The number of hydrogen-bond acceptors (Lipinski definition) is 4. The lowest BCUT2D eigenvalue weighted by molar-refractivity contribution is -0.275. The van der Waals surface area contributed by atoms with Gasteiger partial charge in [-0.1, -0.05) is 44.2 Å². The van der Waals surface area contributed by atoms with Gasteiger partial charge in [0.05, 0.1) is 27.0 Å². The van der Waals surface area contributed by atoms with Gasteiger partial charge in [0, 0.05) is 0 Å². The lowest BCUT2D eigenvalue weighted by atomic mass is 9.63. The number of fused-ring (bicyclic) bond motifs is 2. The van der Waals surface area contributed by atoms with E-state index in [4.69, 9.17) is 0 Å². The summed E-state index contributed by atoms with van der Waals surface area (Å²) in [7, 11) is 0. The van der Waals surface area contributed by atoms with E-state index in [1.54, 1.807) is 38.1 Å². The molecule has 0 bridgehead atoms. The molecule has 0 amide bonds. The second kappa shape index (κ2) is 6.19. The maximum absolute atomic E-state index is 14.1. The molecule has 1 aliphatic rings. The number of alkyl halides is 3. The van der Waals surface area contributed by atoms with Gasteiger partial charge in [0.2, 0.25) is 0 Å². The SMILES string of the molecule is Cc1nc2cccc(NC3c4ccccc4C(C)(C)CC3(O)C(F)(F)F)c2s1. The zero-order chi connectivity index (χ0) is 20.3. The van der Waals surface area contributed by atoms with Gasteiger partial charge in [-0.2, -0.15) is 13.2 Å². The van der Waals surface area contributed by atoms with E-state index < -0.39 is 29.7 Å². The number of benzene rings is 2. The molecule has 0 aliphatic heterocycles. The molecular weight excluding hydrogens is 385 g/mol. The van der Waals surface area contributed by atoms with Crippen molar-refractivity contribution in [3.63, 3.8) is 0 Å². The van der Waals surface area contributed by atoms with Gasteiger partial charge in [0.1, 0.15) is 0 Å². The Morgan fingerprint density at radius 3 is 2.57 bits per heavy atom. The summed E-state index contributed by atoms with van der Waals surface area (Å²) >= 11 is 1.42. The summed E-state index contributed by atoms with van der Waals surface area (Å²) in [6, 6.07) is 11.1. The highest BCUT2D eigenvalue weighted by atomic mass is 32.1. The zero-order valence-electron chi connectivity index (χ0n) is 15.8. The van der Waals surface area contributed by atoms with Crippen LogP contribution in [0.2, 0.25) is 0 Å². The monoisotopic (exact) mass is 406 g/mol. The maximum atomic E-state index is 14.1. The second-order valence-corrected chi connectivity index (χ2v) is 9.24. The Labute approximate surface area is 165 Å². The molecule has 1 aromatic heterocycles. The van der Waals surface area contributed by atoms with Crippen LogP contribution in [0.4, 0.5) is 18.9 Å². The molecule has 1 aliphatic carbocycles. The van der Waals surface area contributed by atoms with Crippen LogP contribution in [0.3, 0.4) is 0 Å². The highest BCUT2D eigenvalue weighted by Gasteiger charge is 2.63. The van der Waals surface area contributed by atoms with E-state index in [0.717, 1.165) is 20.8 Å². The molecule has 2 unspecified atom stereocenters. The number of aliphatic hydroxyl groups is 1. The Hall–Kier alpha value is -2.12. The molecule has 0 saturated heterocycles. The molecule has 0 fully saturated rings. The number of hydrogen-bond donors (Lipinski definition) is 2. The van der Waals surface area contributed by atoms with Gasteiger partial charge >= 0.3 is 6.18 Å². The quantitative estimate of drug-likeness (QED) is 0.571. The van der Waals surface area contributed by atoms with Crippen molar-refractivity contribution >= 4 is 27.2 Å². The van der Waals surface area contributed by atoms with Crippen molar-refractivity contribution in [3.8, 4) is 0 Å². The Bertz CT molecular complexity index is 1040. The summed E-state index contributed by atoms with van der Waals surface area (Å²) in [4.78, 5) is 4.41. The van der Waals surface area contributed by atoms with Crippen molar-refractivity contribution in [1.29, 1.82) is 0 Å². The standard InChI is InChI=1S/C21H21F3N2OS/c1-12-25-15-9-6-10-16(17(15)28-12)26-18-13-7-4-5-8-14(13)19(2,3)11-20(18,27)21(22,23)24/h4-10,18,26-27H,11H2,1-3H3. The summed E-state index contributed by atoms with van der Waals surface area (Å²) in [6.45, 7) is 5.34. The highest BCUT2D eigenvalue weighted by Crippen LogP contribution is 2.54. The van der Waals surface area contributed by atoms with Gasteiger partial charge in [-0.05, 0) is 42.0 Å². The van der Waals surface area contributed by atoms with E-state index in [1.807, 2.05) is 25.1 Å². The fourth-order valence-electron chi connectivity index (χ4n) is 4.28. The predicted octanol–water partition coefficient (Wildman–Crippen LogP) is 5.73. The highest BCUT2D eigenvalue weighted by molar-refractivity contribution is 7.19. The van der Waals surface area contributed by atoms with Crippen LogP contribution in [0.15, 0.2) is 42.5 Å². The first-order valence-corrected chi connectivity index (χ1v) is 9.86. The number of aromatic nitrogens is 1. The summed E-state index contributed by atoms with van der Waals surface area (Å²) in [5.41, 5.74) is -1.15. The molecule has 0 radical (unpaired) electrons. The molecule has 7 heteroatoms. The van der Waals surface area contributed by atoms with E-state index >= 15 is 0 Å². The summed E-state index contributed by atoms with van der Waals surface area (Å²) in [6.07, 6.45) is -5.21. The van der Waals surface area contributed by atoms with Gasteiger partial charge in [-0.3, -0.25) is 0 Å². The number of nitrogens with one attached hydrogen (secondary N) is 1. The molecule has 2 N–H and O–H groups in total. The van der Waals surface area contributed by atoms with Crippen LogP contribution in [0, 0.1) is 6.92 Å². The zero-order valence-corrected chi connectivity index (χ0v) is 16.6. The topological polar surface area (TPSA) is 45.2 Å². The van der Waals surface area contributed by atoms with E-state index in [1.165, 1.54) is 11.3 Å². The van der Waals surface area contributed by atoms with Crippen molar-refractivity contribution < 1.29 is 18.3 Å². The van der Waals surface area contributed by atoms with Crippen molar-refractivity contribution in [3.05, 3.63) is 58.6 Å². The van der Waals surface area contributed by atoms with Crippen LogP contribution in [0.1, 0.15) is 42.4 Å². The minimum Gasteiger partial charge on any atom is -0.379 e. The largest absolute Gasteiger partial charge is 0.419 e. The Balaban J connectivity index is 1.90. The Morgan fingerprint density at radius 1 is 1.14 bits per heavy atom. The Morgan fingerprint density at radius 2 is 1.86 bits per heavy atom. The summed E-state index contributed by atoms with van der Waals surface area (Å²) < 4.78 is 43.2. The second-order valence-electron chi connectivity index (χ2n) is 8.03. The molecule has 28 heavy (non-hydrogen) atoms. The molecule has 4 rings (SSSR count). The lowest BCUT2D eigenvalue weighted by Gasteiger charge is -2.49. The smallest absolute Gasteiger partial charge is 0.379 e. The van der Waals surface area contributed by atoms with Gasteiger partial charge < -0.3 is 10.4 Å².